The van der Waals surface area contributed by atoms with Crippen LogP contribution in [0.2, 0.25) is 0 Å². The highest BCUT2D eigenvalue weighted by atomic mass is 32.2. The standard InChI is InChI=1S/C19H24N2O2S/c1-2-20-24(22,23)21-15-14-17-10-6-7-11-18(17)19(21)13-12-16-8-4-3-5-9-16/h3-11,19-20H,2,12-15H2,1H3. The van der Waals surface area contributed by atoms with Gasteiger partial charge < -0.3 is 0 Å². The average molecular weight is 344 g/mol. The highest BCUT2D eigenvalue weighted by molar-refractivity contribution is 7.87. The Kier molecular flexibility index (Phi) is 5.33. The quantitative estimate of drug-likeness (QED) is 0.875. The monoisotopic (exact) mass is 344 g/mol. The van der Waals surface area contributed by atoms with E-state index in [9.17, 15) is 8.42 Å². The zero-order chi connectivity index (χ0) is 17.0. The molecule has 0 bridgehead atoms. The predicted molar refractivity (Wildman–Crippen MR) is 97.0 cm³/mol. The molecule has 0 fully saturated rings. The molecule has 0 saturated heterocycles. The van der Waals surface area contributed by atoms with Crippen LogP contribution >= 0.6 is 0 Å². The van der Waals surface area contributed by atoms with Crippen LogP contribution in [0.15, 0.2) is 54.6 Å². The second kappa shape index (κ2) is 7.47. The number of benzene rings is 2. The summed E-state index contributed by atoms with van der Waals surface area (Å²) in [6, 6.07) is 18.3. The van der Waals surface area contributed by atoms with Crippen LogP contribution < -0.4 is 4.72 Å². The van der Waals surface area contributed by atoms with Crippen LogP contribution in [0.5, 0.6) is 0 Å². The van der Waals surface area contributed by atoms with E-state index in [2.05, 4.69) is 29.0 Å². The van der Waals surface area contributed by atoms with Crippen molar-refractivity contribution in [3.05, 3.63) is 71.3 Å². The average Bonchev–Trinajstić information content (AvgIpc) is 2.60. The Labute approximate surface area is 144 Å². The Morgan fingerprint density at radius 3 is 2.54 bits per heavy atom. The summed E-state index contributed by atoms with van der Waals surface area (Å²) in [6.45, 7) is 2.76. The number of hydrogen-bond acceptors (Lipinski definition) is 2. The number of aryl methyl sites for hydroxylation is 1. The molecule has 1 aliphatic rings. The molecule has 0 saturated carbocycles. The van der Waals surface area contributed by atoms with Gasteiger partial charge in [0.1, 0.15) is 0 Å². The summed E-state index contributed by atoms with van der Waals surface area (Å²) in [5, 5.41) is 0. The third-order valence-electron chi connectivity index (χ3n) is 4.55. The molecule has 0 spiro atoms. The summed E-state index contributed by atoms with van der Waals surface area (Å²) in [5.74, 6) is 0. The first kappa shape index (κ1) is 17.1. The van der Waals surface area contributed by atoms with E-state index in [-0.39, 0.29) is 6.04 Å². The van der Waals surface area contributed by atoms with Crippen molar-refractivity contribution in [2.75, 3.05) is 13.1 Å². The summed E-state index contributed by atoms with van der Waals surface area (Å²) in [6.07, 6.45) is 2.41. The van der Waals surface area contributed by atoms with Crippen LogP contribution in [0.4, 0.5) is 0 Å². The van der Waals surface area contributed by atoms with E-state index in [1.54, 1.807) is 4.31 Å². The number of nitrogens with one attached hydrogen (secondary N) is 1. The zero-order valence-electron chi connectivity index (χ0n) is 14.0. The molecule has 5 heteroatoms. The highest BCUT2D eigenvalue weighted by Crippen LogP contribution is 2.34. The van der Waals surface area contributed by atoms with Gasteiger partial charge in [-0.05, 0) is 36.0 Å². The fourth-order valence-corrected chi connectivity index (χ4v) is 4.85. The van der Waals surface area contributed by atoms with Gasteiger partial charge >= 0.3 is 0 Å². The van der Waals surface area contributed by atoms with Crippen molar-refractivity contribution in [2.45, 2.75) is 32.2 Å². The van der Waals surface area contributed by atoms with Crippen molar-refractivity contribution in [1.29, 1.82) is 0 Å². The van der Waals surface area contributed by atoms with Gasteiger partial charge in [-0.15, -0.1) is 0 Å². The van der Waals surface area contributed by atoms with Gasteiger partial charge in [0.25, 0.3) is 10.2 Å². The number of fused-ring (bicyclic) bond motifs is 1. The van der Waals surface area contributed by atoms with Crippen LogP contribution in [0, 0.1) is 0 Å². The Bertz CT molecular complexity index is 775. The summed E-state index contributed by atoms with van der Waals surface area (Å²) >= 11 is 0. The van der Waals surface area contributed by atoms with E-state index < -0.39 is 10.2 Å². The Balaban J connectivity index is 1.89. The third-order valence-corrected chi connectivity index (χ3v) is 6.26. The third kappa shape index (κ3) is 3.69. The molecule has 128 valence electrons. The molecule has 0 aliphatic carbocycles. The Hall–Kier alpha value is -1.69. The van der Waals surface area contributed by atoms with E-state index in [0.717, 1.165) is 24.8 Å². The van der Waals surface area contributed by atoms with E-state index in [1.165, 1.54) is 11.1 Å². The molecular formula is C19H24N2O2S. The van der Waals surface area contributed by atoms with Crippen LogP contribution in [-0.4, -0.2) is 25.8 Å². The van der Waals surface area contributed by atoms with Gasteiger partial charge in [0, 0.05) is 13.1 Å². The van der Waals surface area contributed by atoms with Gasteiger partial charge in [0.2, 0.25) is 0 Å². The normalized spacial score (nSPS) is 18.3. The minimum absolute atomic E-state index is 0.112. The van der Waals surface area contributed by atoms with E-state index >= 15 is 0 Å². The van der Waals surface area contributed by atoms with Gasteiger partial charge in [-0.2, -0.15) is 12.7 Å². The zero-order valence-corrected chi connectivity index (χ0v) is 14.8. The first-order valence-electron chi connectivity index (χ1n) is 8.50. The summed E-state index contributed by atoms with van der Waals surface area (Å²) in [4.78, 5) is 0. The van der Waals surface area contributed by atoms with Gasteiger partial charge in [-0.1, -0.05) is 61.5 Å². The SMILES string of the molecule is CCNS(=O)(=O)N1CCc2ccccc2C1CCc1ccccc1. The first-order valence-corrected chi connectivity index (χ1v) is 9.94. The largest absolute Gasteiger partial charge is 0.280 e. The van der Waals surface area contributed by atoms with Gasteiger partial charge in [-0.25, -0.2) is 4.72 Å². The molecule has 2 aromatic rings. The fraction of sp³-hybridized carbons (Fsp3) is 0.368. The number of hydrogen-bond donors (Lipinski definition) is 1. The molecule has 1 atom stereocenters. The maximum Gasteiger partial charge on any atom is 0.280 e. The van der Waals surface area contributed by atoms with Crippen molar-refractivity contribution in [2.24, 2.45) is 0 Å². The molecule has 1 N–H and O–H groups in total. The summed E-state index contributed by atoms with van der Waals surface area (Å²) < 4.78 is 29.6. The van der Waals surface area contributed by atoms with Crippen molar-refractivity contribution in [3.63, 3.8) is 0 Å². The number of nitrogens with zero attached hydrogens (tertiary/aromatic N) is 1. The summed E-state index contributed by atoms with van der Waals surface area (Å²) in [5.41, 5.74) is 3.64. The molecular weight excluding hydrogens is 320 g/mol. The molecule has 1 aliphatic heterocycles. The van der Waals surface area contributed by atoms with E-state index in [4.69, 9.17) is 0 Å². The Morgan fingerprint density at radius 2 is 1.79 bits per heavy atom. The van der Waals surface area contributed by atoms with Crippen LogP contribution in [0.25, 0.3) is 0 Å². The second-order valence-electron chi connectivity index (χ2n) is 6.10. The lowest BCUT2D eigenvalue weighted by atomic mass is 9.90. The maximum atomic E-state index is 12.6. The molecule has 1 unspecified atom stereocenters. The molecule has 3 rings (SSSR count). The lowest BCUT2D eigenvalue weighted by molar-refractivity contribution is 0.290. The minimum Gasteiger partial charge on any atom is -0.202 e. The Morgan fingerprint density at radius 1 is 1.08 bits per heavy atom. The predicted octanol–water partition coefficient (Wildman–Crippen LogP) is 3.07. The van der Waals surface area contributed by atoms with Crippen molar-refractivity contribution in [3.8, 4) is 0 Å². The van der Waals surface area contributed by atoms with Crippen LogP contribution in [0.1, 0.15) is 36.1 Å². The highest BCUT2D eigenvalue weighted by Gasteiger charge is 2.34. The fourth-order valence-electron chi connectivity index (χ4n) is 3.43. The molecule has 24 heavy (non-hydrogen) atoms. The lowest BCUT2D eigenvalue weighted by Gasteiger charge is -2.36. The number of rotatable bonds is 6. The van der Waals surface area contributed by atoms with Crippen molar-refractivity contribution >= 4 is 10.2 Å². The first-order chi connectivity index (χ1) is 11.6. The molecule has 1 heterocycles. The second-order valence-corrected chi connectivity index (χ2v) is 7.81. The lowest BCUT2D eigenvalue weighted by Crippen LogP contribution is -2.46. The van der Waals surface area contributed by atoms with Crippen LogP contribution in [-0.2, 0) is 23.1 Å². The van der Waals surface area contributed by atoms with Crippen molar-refractivity contribution < 1.29 is 8.42 Å². The molecule has 4 nitrogen and oxygen atoms in total. The molecule has 0 amide bonds. The van der Waals surface area contributed by atoms with Gasteiger partial charge in [0.05, 0.1) is 6.04 Å². The maximum absolute atomic E-state index is 12.6. The topological polar surface area (TPSA) is 49.4 Å². The van der Waals surface area contributed by atoms with Crippen molar-refractivity contribution in [1.82, 2.24) is 9.03 Å². The van der Waals surface area contributed by atoms with E-state index in [0.29, 0.717) is 13.1 Å². The molecule has 0 radical (unpaired) electrons. The molecule has 2 aromatic carbocycles. The smallest absolute Gasteiger partial charge is 0.202 e. The minimum atomic E-state index is -3.45. The van der Waals surface area contributed by atoms with Crippen LogP contribution in [0.3, 0.4) is 0 Å². The van der Waals surface area contributed by atoms with E-state index in [1.807, 2.05) is 37.3 Å². The summed E-state index contributed by atoms with van der Waals surface area (Å²) in [7, 11) is -3.45. The van der Waals surface area contributed by atoms with Gasteiger partial charge in [-0.3, -0.25) is 0 Å². The molecule has 0 aromatic heterocycles. The van der Waals surface area contributed by atoms with Gasteiger partial charge in [0.15, 0.2) is 0 Å².